The molecule has 0 atom stereocenters. The van der Waals surface area contributed by atoms with Crippen molar-refractivity contribution in [3.05, 3.63) is 32.8 Å². The Kier molecular flexibility index (Phi) is 4.76. The molecule has 1 aliphatic heterocycles. The maximum atomic E-state index is 11.1. The zero-order valence-corrected chi connectivity index (χ0v) is 12.6. The van der Waals surface area contributed by atoms with Gasteiger partial charge in [-0.15, -0.1) is 0 Å². The second-order valence-corrected chi connectivity index (χ2v) is 5.58. The van der Waals surface area contributed by atoms with Crippen molar-refractivity contribution in [3.8, 4) is 0 Å². The zero-order valence-electron chi connectivity index (χ0n) is 11.0. The molecule has 0 unspecified atom stereocenters. The molecule has 0 spiro atoms. The molecular weight excluding hydrogens is 310 g/mol. The Labute approximate surface area is 121 Å². The van der Waals surface area contributed by atoms with Gasteiger partial charge < -0.3 is 9.80 Å². The van der Waals surface area contributed by atoms with E-state index in [1.165, 1.54) is 0 Å². The van der Waals surface area contributed by atoms with Gasteiger partial charge in [0.15, 0.2) is 0 Å². The van der Waals surface area contributed by atoms with Crippen LogP contribution >= 0.6 is 15.9 Å². The number of benzene rings is 1. The summed E-state index contributed by atoms with van der Waals surface area (Å²) in [7, 11) is 0. The number of nitrogens with zero attached hydrogens (tertiary/aromatic N) is 3. The largest absolute Gasteiger partial charge is 0.365 e. The number of nitro benzene ring substituents is 1. The number of rotatable bonds is 3. The predicted molar refractivity (Wildman–Crippen MR) is 79.7 cm³/mol. The highest BCUT2D eigenvalue weighted by atomic mass is 79.9. The van der Waals surface area contributed by atoms with Crippen LogP contribution < -0.4 is 4.90 Å². The summed E-state index contributed by atoms with van der Waals surface area (Å²) in [6.07, 6.45) is 1.04. The molecule has 2 rings (SSSR count). The van der Waals surface area contributed by atoms with Gasteiger partial charge in [-0.05, 0) is 31.6 Å². The number of anilines is 1. The van der Waals surface area contributed by atoms with Crippen LogP contribution in [-0.2, 0) is 0 Å². The van der Waals surface area contributed by atoms with Crippen LogP contribution in [0.15, 0.2) is 22.7 Å². The third-order valence-electron chi connectivity index (χ3n) is 3.51. The van der Waals surface area contributed by atoms with Crippen LogP contribution in [0.3, 0.4) is 0 Å². The lowest BCUT2D eigenvalue weighted by molar-refractivity contribution is -0.384. The molecule has 0 aliphatic carbocycles. The molecule has 0 radical (unpaired) electrons. The van der Waals surface area contributed by atoms with E-state index >= 15 is 0 Å². The van der Waals surface area contributed by atoms with Gasteiger partial charge >= 0.3 is 0 Å². The minimum absolute atomic E-state index is 0.188. The SMILES string of the molecule is CCN1CCCN(c2cc(Br)ccc2[N+](=O)[O-])CC1. The Morgan fingerprint density at radius 3 is 2.79 bits per heavy atom. The first-order valence-electron chi connectivity index (χ1n) is 6.53. The highest BCUT2D eigenvalue weighted by Crippen LogP contribution is 2.31. The quantitative estimate of drug-likeness (QED) is 0.632. The number of likely N-dealkylation sites (N-methyl/N-ethyl adjacent to an activating group) is 1. The molecule has 1 saturated heterocycles. The lowest BCUT2D eigenvalue weighted by Gasteiger charge is -2.23. The van der Waals surface area contributed by atoms with Crippen molar-refractivity contribution in [2.45, 2.75) is 13.3 Å². The molecule has 19 heavy (non-hydrogen) atoms. The molecule has 0 saturated carbocycles. The molecule has 0 bridgehead atoms. The van der Waals surface area contributed by atoms with Crippen LogP contribution in [0.1, 0.15) is 13.3 Å². The third kappa shape index (κ3) is 3.45. The van der Waals surface area contributed by atoms with Gasteiger partial charge in [0.1, 0.15) is 5.69 Å². The van der Waals surface area contributed by atoms with Crippen molar-refractivity contribution < 1.29 is 4.92 Å². The maximum absolute atomic E-state index is 11.1. The molecule has 1 aliphatic rings. The molecular formula is C13H18BrN3O2. The molecule has 6 heteroatoms. The topological polar surface area (TPSA) is 49.6 Å². The van der Waals surface area contributed by atoms with E-state index in [1.807, 2.05) is 6.07 Å². The summed E-state index contributed by atoms with van der Waals surface area (Å²) < 4.78 is 0.879. The first kappa shape index (κ1) is 14.3. The summed E-state index contributed by atoms with van der Waals surface area (Å²) in [6, 6.07) is 5.14. The summed E-state index contributed by atoms with van der Waals surface area (Å²) in [5.41, 5.74) is 0.908. The predicted octanol–water partition coefficient (Wildman–Crippen LogP) is 2.89. The van der Waals surface area contributed by atoms with E-state index < -0.39 is 0 Å². The number of hydrogen-bond acceptors (Lipinski definition) is 4. The normalized spacial score (nSPS) is 17.3. The van der Waals surface area contributed by atoms with Gasteiger partial charge in [0, 0.05) is 30.2 Å². The summed E-state index contributed by atoms with van der Waals surface area (Å²) in [5, 5.41) is 11.1. The van der Waals surface area contributed by atoms with Crippen molar-refractivity contribution in [3.63, 3.8) is 0 Å². The Hall–Kier alpha value is -1.14. The molecule has 0 aromatic heterocycles. The van der Waals surface area contributed by atoms with Gasteiger partial charge in [0.05, 0.1) is 4.92 Å². The molecule has 5 nitrogen and oxygen atoms in total. The average molecular weight is 328 g/mol. The number of hydrogen-bond donors (Lipinski definition) is 0. The van der Waals surface area contributed by atoms with E-state index in [0.29, 0.717) is 0 Å². The van der Waals surface area contributed by atoms with Crippen LogP contribution in [0.2, 0.25) is 0 Å². The summed E-state index contributed by atoms with van der Waals surface area (Å²) in [6.45, 7) is 6.92. The van der Waals surface area contributed by atoms with Gasteiger partial charge in [-0.3, -0.25) is 10.1 Å². The molecule has 0 N–H and O–H groups in total. The monoisotopic (exact) mass is 327 g/mol. The molecule has 1 aromatic carbocycles. The lowest BCUT2D eigenvalue weighted by Crippen LogP contribution is -2.30. The van der Waals surface area contributed by atoms with Crippen molar-refractivity contribution in [1.29, 1.82) is 0 Å². The Balaban J connectivity index is 2.25. The van der Waals surface area contributed by atoms with E-state index in [4.69, 9.17) is 0 Å². The first-order valence-corrected chi connectivity index (χ1v) is 7.32. The third-order valence-corrected chi connectivity index (χ3v) is 4.00. The van der Waals surface area contributed by atoms with Crippen LogP contribution in [0.25, 0.3) is 0 Å². The van der Waals surface area contributed by atoms with Crippen LogP contribution in [-0.4, -0.2) is 42.5 Å². The molecule has 1 aromatic rings. The number of nitro groups is 1. The van der Waals surface area contributed by atoms with Crippen molar-refractivity contribution in [2.75, 3.05) is 37.6 Å². The molecule has 1 fully saturated rings. The minimum Gasteiger partial charge on any atom is -0.365 e. The van der Waals surface area contributed by atoms with E-state index in [9.17, 15) is 10.1 Å². The fraction of sp³-hybridized carbons (Fsp3) is 0.538. The first-order chi connectivity index (χ1) is 9.11. The Morgan fingerprint density at radius 2 is 2.11 bits per heavy atom. The van der Waals surface area contributed by atoms with E-state index in [2.05, 4.69) is 32.7 Å². The van der Waals surface area contributed by atoms with Gasteiger partial charge in [0.2, 0.25) is 0 Å². The van der Waals surface area contributed by atoms with Crippen molar-refractivity contribution in [1.82, 2.24) is 4.90 Å². The zero-order chi connectivity index (χ0) is 13.8. The maximum Gasteiger partial charge on any atom is 0.292 e. The Morgan fingerprint density at radius 1 is 1.32 bits per heavy atom. The highest BCUT2D eigenvalue weighted by Gasteiger charge is 2.22. The van der Waals surface area contributed by atoms with Gasteiger partial charge in [0.25, 0.3) is 5.69 Å². The van der Waals surface area contributed by atoms with E-state index in [0.717, 1.165) is 49.3 Å². The van der Waals surface area contributed by atoms with Gasteiger partial charge in [-0.25, -0.2) is 0 Å². The fourth-order valence-corrected chi connectivity index (χ4v) is 2.78. The highest BCUT2D eigenvalue weighted by molar-refractivity contribution is 9.10. The van der Waals surface area contributed by atoms with Gasteiger partial charge in [-0.1, -0.05) is 22.9 Å². The van der Waals surface area contributed by atoms with Crippen LogP contribution in [0, 0.1) is 10.1 Å². The second kappa shape index (κ2) is 6.34. The lowest BCUT2D eigenvalue weighted by atomic mass is 10.2. The summed E-state index contributed by atoms with van der Waals surface area (Å²) >= 11 is 3.40. The molecule has 0 amide bonds. The Bertz CT molecular complexity index is 467. The van der Waals surface area contributed by atoms with E-state index in [1.54, 1.807) is 12.1 Å². The summed E-state index contributed by atoms with van der Waals surface area (Å²) in [5.74, 6) is 0. The number of halogens is 1. The minimum atomic E-state index is -0.301. The standard InChI is InChI=1S/C13H18BrN3O2/c1-2-15-6-3-7-16(9-8-15)13-10-11(14)4-5-12(13)17(18)19/h4-5,10H,2-3,6-9H2,1H3. The smallest absolute Gasteiger partial charge is 0.292 e. The van der Waals surface area contributed by atoms with Gasteiger partial charge in [-0.2, -0.15) is 0 Å². The average Bonchev–Trinajstić information content (AvgIpc) is 2.63. The fourth-order valence-electron chi connectivity index (χ4n) is 2.43. The molecule has 1 heterocycles. The van der Waals surface area contributed by atoms with Crippen LogP contribution in [0.5, 0.6) is 0 Å². The molecule has 104 valence electrons. The van der Waals surface area contributed by atoms with Crippen LogP contribution in [0.4, 0.5) is 11.4 Å². The van der Waals surface area contributed by atoms with E-state index in [-0.39, 0.29) is 10.6 Å². The van der Waals surface area contributed by atoms with Crippen molar-refractivity contribution >= 4 is 27.3 Å². The summed E-state index contributed by atoms with van der Waals surface area (Å²) in [4.78, 5) is 15.3. The van der Waals surface area contributed by atoms with Crippen molar-refractivity contribution in [2.24, 2.45) is 0 Å². The second-order valence-electron chi connectivity index (χ2n) is 4.67.